The van der Waals surface area contributed by atoms with E-state index in [9.17, 15) is 14.4 Å². The average molecular weight is 420 g/mol. The Hall–Kier alpha value is -2.99. The molecule has 0 aliphatic carbocycles. The summed E-state index contributed by atoms with van der Waals surface area (Å²) in [6.07, 6.45) is 5.35. The van der Waals surface area contributed by atoms with Crippen molar-refractivity contribution in [2.45, 2.75) is 32.1 Å². The standard InChI is InChI=1S/C25H29N3O3/c29-23(26-13-7-16-27-14-5-2-6-15-27)20-10-11-21-22(18-20)25(31)28(24(21)30)17-12-19-8-3-1-4-9-19/h1,3-4,8-11,18H,2,5-7,12-17H2,(H,26,29). The molecule has 31 heavy (non-hydrogen) atoms. The van der Waals surface area contributed by atoms with Crippen molar-refractivity contribution < 1.29 is 14.4 Å². The molecule has 0 unspecified atom stereocenters. The molecule has 1 N–H and O–H groups in total. The molecule has 6 heteroatoms. The zero-order valence-corrected chi connectivity index (χ0v) is 17.8. The lowest BCUT2D eigenvalue weighted by atomic mass is 10.1. The highest BCUT2D eigenvalue weighted by Crippen LogP contribution is 2.24. The summed E-state index contributed by atoms with van der Waals surface area (Å²) < 4.78 is 0. The largest absolute Gasteiger partial charge is 0.352 e. The second kappa shape index (κ2) is 9.88. The van der Waals surface area contributed by atoms with Crippen molar-refractivity contribution in [3.8, 4) is 0 Å². The Morgan fingerprint density at radius 2 is 1.61 bits per heavy atom. The minimum absolute atomic E-state index is 0.204. The lowest BCUT2D eigenvalue weighted by molar-refractivity contribution is 0.0656. The number of carbonyl (C=O) groups excluding carboxylic acids is 3. The molecule has 0 saturated carbocycles. The number of hydrogen-bond donors (Lipinski definition) is 1. The molecule has 1 saturated heterocycles. The molecular formula is C25H29N3O3. The van der Waals surface area contributed by atoms with Gasteiger partial charge < -0.3 is 10.2 Å². The van der Waals surface area contributed by atoms with Crippen LogP contribution in [-0.4, -0.2) is 60.2 Å². The molecule has 162 valence electrons. The Balaban J connectivity index is 1.32. The van der Waals surface area contributed by atoms with Gasteiger partial charge >= 0.3 is 0 Å². The molecule has 0 spiro atoms. The normalized spacial score (nSPS) is 16.5. The van der Waals surface area contributed by atoms with Crippen molar-refractivity contribution in [2.75, 3.05) is 32.7 Å². The molecule has 0 atom stereocenters. The molecule has 2 aromatic rings. The molecule has 4 rings (SSSR count). The van der Waals surface area contributed by atoms with Gasteiger partial charge in [-0.05, 0) is 69.1 Å². The van der Waals surface area contributed by atoms with Gasteiger partial charge in [-0.1, -0.05) is 36.8 Å². The molecule has 0 aromatic heterocycles. The van der Waals surface area contributed by atoms with E-state index in [1.165, 1.54) is 24.2 Å². The summed E-state index contributed by atoms with van der Waals surface area (Å²) in [6, 6.07) is 14.6. The van der Waals surface area contributed by atoms with Gasteiger partial charge in [0.25, 0.3) is 17.7 Å². The fraction of sp³-hybridized carbons (Fsp3) is 0.400. The minimum atomic E-state index is -0.323. The molecule has 3 amide bonds. The summed E-state index contributed by atoms with van der Waals surface area (Å²) >= 11 is 0. The Labute approximate surface area is 183 Å². The molecule has 0 radical (unpaired) electrons. The number of nitrogens with zero attached hydrogens (tertiary/aromatic N) is 2. The number of nitrogens with one attached hydrogen (secondary N) is 1. The zero-order chi connectivity index (χ0) is 21.6. The Kier molecular flexibility index (Phi) is 6.77. The van der Waals surface area contributed by atoms with Gasteiger partial charge in [-0.3, -0.25) is 19.3 Å². The molecule has 2 heterocycles. The van der Waals surface area contributed by atoms with E-state index in [4.69, 9.17) is 0 Å². The van der Waals surface area contributed by atoms with Crippen LogP contribution in [0.25, 0.3) is 0 Å². The van der Waals surface area contributed by atoms with Gasteiger partial charge in [0.2, 0.25) is 0 Å². The Bertz CT molecular complexity index is 952. The predicted octanol–water partition coefficient (Wildman–Crippen LogP) is 3.13. The van der Waals surface area contributed by atoms with Crippen LogP contribution in [0, 0.1) is 0 Å². The summed E-state index contributed by atoms with van der Waals surface area (Å²) in [5, 5.41) is 2.94. The third-order valence-electron chi connectivity index (χ3n) is 6.09. The predicted molar refractivity (Wildman–Crippen MR) is 119 cm³/mol. The molecule has 2 aliphatic rings. The summed E-state index contributed by atoms with van der Waals surface area (Å²) in [6.45, 7) is 4.22. The van der Waals surface area contributed by atoms with Crippen molar-refractivity contribution in [2.24, 2.45) is 0 Å². The number of benzene rings is 2. The first-order valence-electron chi connectivity index (χ1n) is 11.2. The number of hydrogen-bond acceptors (Lipinski definition) is 4. The van der Waals surface area contributed by atoms with Crippen LogP contribution in [0.4, 0.5) is 0 Å². The van der Waals surface area contributed by atoms with Crippen molar-refractivity contribution in [1.29, 1.82) is 0 Å². The second-order valence-electron chi connectivity index (χ2n) is 8.27. The molecular weight excluding hydrogens is 390 g/mol. The van der Waals surface area contributed by atoms with Crippen LogP contribution in [0.1, 0.15) is 62.3 Å². The SMILES string of the molecule is O=C(NCCCN1CCCCC1)c1ccc2c(c1)C(=O)N(CCc1ccccc1)C2=O. The van der Waals surface area contributed by atoms with Crippen LogP contribution in [0.5, 0.6) is 0 Å². The van der Waals surface area contributed by atoms with Crippen LogP contribution in [-0.2, 0) is 6.42 Å². The van der Waals surface area contributed by atoms with Crippen LogP contribution >= 0.6 is 0 Å². The van der Waals surface area contributed by atoms with Gasteiger partial charge in [-0.15, -0.1) is 0 Å². The van der Waals surface area contributed by atoms with Gasteiger partial charge in [-0.2, -0.15) is 0 Å². The van der Waals surface area contributed by atoms with E-state index in [0.29, 0.717) is 36.2 Å². The third-order valence-corrected chi connectivity index (χ3v) is 6.09. The quantitative estimate of drug-likeness (QED) is 0.527. The van der Waals surface area contributed by atoms with Crippen LogP contribution in [0.15, 0.2) is 48.5 Å². The second-order valence-corrected chi connectivity index (χ2v) is 8.27. The van der Waals surface area contributed by atoms with E-state index in [0.717, 1.165) is 31.6 Å². The smallest absolute Gasteiger partial charge is 0.261 e. The van der Waals surface area contributed by atoms with Crippen molar-refractivity contribution in [3.63, 3.8) is 0 Å². The zero-order valence-electron chi connectivity index (χ0n) is 17.8. The summed E-state index contributed by atoms with van der Waals surface area (Å²) in [5.41, 5.74) is 2.19. The first kappa shape index (κ1) is 21.2. The molecule has 1 fully saturated rings. The molecule has 2 aromatic carbocycles. The van der Waals surface area contributed by atoms with Crippen LogP contribution in [0.3, 0.4) is 0 Å². The van der Waals surface area contributed by atoms with E-state index in [1.807, 2.05) is 30.3 Å². The number of carbonyl (C=O) groups is 3. The summed E-state index contributed by atoms with van der Waals surface area (Å²) in [7, 11) is 0. The van der Waals surface area contributed by atoms with Crippen LogP contribution in [0.2, 0.25) is 0 Å². The van der Waals surface area contributed by atoms with Crippen molar-refractivity contribution in [1.82, 2.24) is 15.1 Å². The third kappa shape index (κ3) is 5.02. The number of piperidine rings is 1. The van der Waals surface area contributed by atoms with Crippen molar-refractivity contribution >= 4 is 17.7 Å². The van der Waals surface area contributed by atoms with Crippen LogP contribution < -0.4 is 5.32 Å². The molecule has 2 aliphatic heterocycles. The Morgan fingerprint density at radius 3 is 2.39 bits per heavy atom. The molecule has 6 nitrogen and oxygen atoms in total. The number of rotatable bonds is 8. The maximum Gasteiger partial charge on any atom is 0.261 e. The van der Waals surface area contributed by atoms with Gasteiger partial charge in [0.05, 0.1) is 11.1 Å². The fourth-order valence-electron chi connectivity index (χ4n) is 4.31. The Morgan fingerprint density at radius 1 is 0.871 bits per heavy atom. The first-order valence-corrected chi connectivity index (χ1v) is 11.2. The van der Waals surface area contributed by atoms with E-state index in [-0.39, 0.29) is 17.7 Å². The van der Waals surface area contributed by atoms with Crippen molar-refractivity contribution in [3.05, 3.63) is 70.8 Å². The lowest BCUT2D eigenvalue weighted by Crippen LogP contribution is -2.33. The number of fused-ring (bicyclic) bond motifs is 1. The van der Waals surface area contributed by atoms with E-state index >= 15 is 0 Å². The summed E-state index contributed by atoms with van der Waals surface area (Å²) in [5.74, 6) is -0.815. The maximum absolute atomic E-state index is 12.8. The topological polar surface area (TPSA) is 69.7 Å². The van der Waals surface area contributed by atoms with E-state index in [1.54, 1.807) is 18.2 Å². The minimum Gasteiger partial charge on any atom is -0.352 e. The van der Waals surface area contributed by atoms with Gasteiger partial charge in [-0.25, -0.2) is 0 Å². The fourth-order valence-corrected chi connectivity index (χ4v) is 4.31. The average Bonchev–Trinajstić information content (AvgIpc) is 3.05. The highest BCUT2D eigenvalue weighted by Gasteiger charge is 2.35. The number of likely N-dealkylation sites (tertiary alicyclic amines) is 1. The van der Waals surface area contributed by atoms with Gasteiger partial charge in [0.1, 0.15) is 0 Å². The first-order chi connectivity index (χ1) is 15.1. The highest BCUT2D eigenvalue weighted by atomic mass is 16.2. The monoisotopic (exact) mass is 419 g/mol. The van der Waals surface area contributed by atoms with Gasteiger partial charge in [0.15, 0.2) is 0 Å². The maximum atomic E-state index is 12.8. The lowest BCUT2D eigenvalue weighted by Gasteiger charge is -2.26. The highest BCUT2D eigenvalue weighted by molar-refractivity contribution is 6.22. The summed E-state index contributed by atoms with van der Waals surface area (Å²) in [4.78, 5) is 41.7. The molecule has 0 bridgehead atoms. The number of imide groups is 1. The van der Waals surface area contributed by atoms with E-state index < -0.39 is 0 Å². The van der Waals surface area contributed by atoms with Gasteiger partial charge in [0, 0.05) is 18.7 Å². The number of amides is 3. The van der Waals surface area contributed by atoms with E-state index in [2.05, 4.69) is 10.2 Å².